The number of H-pyrrole nitrogens is 1. The van der Waals surface area contributed by atoms with Crippen LogP contribution in [0.2, 0.25) is 0 Å². The summed E-state index contributed by atoms with van der Waals surface area (Å²) >= 11 is 1.56. The zero-order chi connectivity index (χ0) is 14.2. The first-order chi connectivity index (χ1) is 10.3. The van der Waals surface area contributed by atoms with E-state index in [9.17, 15) is 4.79 Å². The van der Waals surface area contributed by atoms with Gasteiger partial charge in [-0.3, -0.25) is 14.3 Å². The number of hydrogen-bond donors (Lipinski definition) is 2. The molecular weight excluding hydrogens is 290 g/mol. The van der Waals surface area contributed by atoms with Gasteiger partial charge in [-0.2, -0.15) is 5.10 Å². The van der Waals surface area contributed by atoms with Crippen LogP contribution in [0.25, 0.3) is 4.96 Å². The lowest BCUT2D eigenvalue weighted by atomic mass is 10.1. The van der Waals surface area contributed by atoms with Crippen LogP contribution in [0.1, 0.15) is 27.4 Å². The van der Waals surface area contributed by atoms with Crippen LogP contribution in [0, 0.1) is 0 Å². The van der Waals surface area contributed by atoms with Crippen molar-refractivity contribution < 1.29 is 9.53 Å². The van der Waals surface area contributed by atoms with Crippen LogP contribution in [-0.2, 0) is 24.3 Å². The van der Waals surface area contributed by atoms with E-state index in [0.29, 0.717) is 25.5 Å². The van der Waals surface area contributed by atoms with E-state index >= 15 is 0 Å². The summed E-state index contributed by atoms with van der Waals surface area (Å²) in [5.41, 5.74) is 3.11. The van der Waals surface area contributed by atoms with Crippen LogP contribution in [0.3, 0.4) is 0 Å². The van der Waals surface area contributed by atoms with Gasteiger partial charge in [-0.05, 0) is 0 Å². The second-order valence-corrected chi connectivity index (χ2v) is 5.71. The highest BCUT2D eigenvalue weighted by Crippen LogP contribution is 2.18. The fraction of sp³-hybridized carbons (Fsp3) is 0.308. The van der Waals surface area contributed by atoms with Crippen LogP contribution in [0.15, 0.2) is 17.8 Å². The highest BCUT2D eigenvalue weighted by Gasteiger charge is 2.22. The minimum atomic E-state index is -0.200. The lowest BCUT2D eigenvalue weighted by Gasteiger charge is -2.12. The molecule has 3 aromatic heterocycles. The number of rotatable bonds is 3. The molecule has 0 spiro atoms. The van der Waals surface area contributed by atoms with Crippen molar-refractivity contribution in [1.82, 2.24) is 24.9 Å². The van der Waals surface area contributed by atoms with Crippen LogP contribution in [0.5, 0.6) is 0 Å². The number of fused-ring (bicyclic) bond motifs is 2. The molecule has 0 saturated heterocycles. The second-order valence-electron chi connectivity index (χ2n) is 4.84. The van der Waals surface area contributed by atoms with Crippen molar-refractivity contribution in [2.75, 3.05) is 6.61 Å². The van der Waals surface area contributed by atoms with E-state index in [1.54, 1.807) is 11.3 Å². The van der Waals surface area contributed by atoms with Crippen LogP contribution in [-0.4, -0.2) is 32.1 Å². The molecule has 0 aliphatic carbocycles. The van der Waals surface area contributed by atoms with E-state index in [0.717, 1.165) is 28.3 Å². The van der Waals surface area contributed by atoms with E-state index in [-0.39, 0.29) is 5.91 Å². The fourth-order valence-electron chi connectivity index (χ4n) is 2.42. The number of nitrogens with one attached hydrogen (secondary N) is 2. The van der Waals surface area contributed by atoms with Gasteiger partial charge in [0.05, 0.1) is 25.5 Å². The SMILES string of the molecule is O=C(NCc1cn2ccsc2n1)c1n[nH]c2c1COCC2. The summed E-state index contributed by atoms with van der Waals surface area (Å²) in [5.74, 6) is -0.200. The fourth-order valence-corrected chi connectivity index (χ4v) is 3.13. The molecule has 4 rings (SSSR count). The Labute approximate surface area is 124 Å². The number of aromatic nitrogens is 4. The molecule has 108 valence electrons. The summed E-state index contributed by atoms with van der Waals surface area (Å²) in [7, 11) is 0. The van der Waals surface area contributed by atoms with Gasteiger partial charge < -0.3 is 10.1 Å². The molecule has 4 heterocycles. The van der Waals surface area contributed by atoms with Crippen molar-refractivity contribution in [3.63, 3.8) is 0 Å². The standard InChI is InChI=1S/C13H13N5O2S/c19-12(11-9-7-20-3-1-10(9)16-17-11)14-5-8-6-18-2-4-21-13(18)15-8/h2,4,6H,1,3,5,7H2,(H,14,19)(H,16,17). The Morgan fingerprint density at radius 3 is 3.43 bits per heavy atom. The number of thiazole rings is 1. The lowest BCUT2D eigenvalue weighted by molar-refractivity contribution is 0.0922. The summed E-state index contributed by atoms with van der Waals surface area (Å²) in [4.78, 5) is 17.6. The van der Waals surface area contributed by atoms with E-state index in [1.807, 2.05) is 22.2 Å². The van der Waals surface area contributed by atoms with Gasteiger partial charge in [0.25, 0.3) is 5.91 Å². The predicted molar refractivity (Wildman–Crippen MR) is 76.2 cm³/mol. The van der Waals surface area contributed by atoms with Gasteiger partial charge in [0.2, 0.25) is 0 Å². The van der Waals surface area contributed by atoms with Crippen molar-refractivity contribution in [2.45, 2.75) is 19.6 Å². The van der Waals surface area contributed by atoms with E-state index in [2.05, 4.69) is 20.5 Å². The highest BCUT2D eigenvalue weighted by atomic mass is 32.1. The van der Waals surface area contributed by atoms with E-state index in [4.69, 9.17) is 4.74 Å². The molecule has 1 aliphatic heterocycles. The maximum Gasteiger partial charge on any atom is 0.272 e. The summed E-state index contributed by atoms with van der Waals surface area (Å²) in [5, 5.41) is 11.8. The first kappa shape index (κ1) is 12.5. The molecule has 0 unspecified atom stereocenters. The minimum Gasteiger partial charge on any atom is -0.376 e. The molecule has 0 fully saturated rings. The Morgan fingerprint density at radius 1 is 1.57 bits per heavy atom. The van der Waals surface area contributed by atoms with Gasteiger partial charge in [-0.15, -0.1) is 11.3 Å². The molecule has 8 heteroatoms. The average molecular weight is 303 g/mol. The molecule has 0 aromatic carbocycles. The minimum absolute atomic E-state index is 0.200. The van der Waals surface area contributed by atoms with Gasteiger partial charge in [-0.1, -0.05) is 0 Å². The third kappa shape index (κ3) is 2.22. The molecule has 7 nitrogen and oxygen atoms in total. The Hall–Kier alpha value is -2.19. The summed E-state index contributed by atoms with van der Waals surface area (Å²) in [6.45, 7) is 1.49. The van der Waals surface area contributed by atoms with E-state index in [1.165, 1.54) is 0 Å². The quantitative estimate of drug-likeness (QED) is 0.759. The third-order valence-corrected chi connectivity index (χ3v) is 4.25. The maximum atomic E-state index is 12.2. The summed E-state index contributed by atoms with van der Waals surface area (Å²) in [6, 6.07) is 0. The normalized spacial score (nSPS) is 14.3. The van der Waals surface area contributed by atoms with Gasteiger partial charge in [0, 0.05) is 35.5 Å². The molecule has 21 heavy (non-hydrogen) atoms. The second kappa shape index (κ2) is 4.97. The summed E-state index contributed by atoms with van der Waals surface area (Å²) < 4.78 is 7.32. The molecule has 3 aromatic rings. The van der Waals surface area contributed by atoms with Crippen LogP contribution < -0.4 is 5.32 Å². The number of nitrogens with zero attached hydrogens (tertiary/aromatic N) is 3. The number of aromatic amines is 1. The van der Waals surface area contributed by atoms with E-state index < -0.39 is 0 Å². The first-order valence-corrected chi connectivity index (χ1v) is 7.52. The molecular formula is C13H13N5O2S. The highest BCUT2D eigenvalue weighted by molar-refractivity contribution is 7.15. The van der Waals surface area contributed by atoms with Crippen molar-refractivity contribution in [3.05, 3.63) is 40.4 Å². The third-order valence-electron chi connectivity index (χ3n) is 3.48. The predicted octanol–water partition coefficient (Wildman–Crippen LogP) is 1.12. The monoisotopic (exact) mass is 303 g/mol. The molecule has 1 amide bonds. The molecule has 0 atom stereocenters. The van der Waals surface area contributed by atoms with Crippen LogP contribution in [0.4, 0.5) is 0 Å². The number of amides is 1. The number of ether oxygens (including phenoxy) is 1. The van der Waals surface area contributed by atoms with Crippen LogP contribution >= 0.6 is 11.3 Å². The largest absolute Gasteiger partial charge is 0.376 e. The zero-order valence-electron chi connectivity index (χ0n) is 11.1. The van der Waals surface area contributed by atoms with Crippen molar-refractivity contribution >= 4 is 22.2 Å². The number of carbonyl (C=O) groups excluding carboxylic acids is 1. The van der Waals surface area contributed by atoms with Crippen molar-refractivity contribution in [2.24, 2.45) is 0 Å². The number of imidazole rings is 1. The lowest BCUT2D eigenvalue weighted by Crippen LogP contribution is -2.25. The molecule has 0 radical (unpaired) electrons. The van der Waals surface area contributed by atoms with Crippen molar-refractivity contribution in [1.29, 1.82) is 0 Å². The Kier molecular flexibility index (Phi) is 2.97. The molecule has 0 bridgehead atoms. The smallest absolute Gasteiger partial charge is 0.272 e. The van der Waals surface area contributed by atoms with Crippen molar-refractivity contribution in [3.8, 4) is 0 Å². The summed E-state index contributed by atoms with van der Waals surface area (Å²) in [6.07, 6.45) is 4.63. The Bertz CT molecular complexity index is 774. The zero-order valence-corrected chi connectivity index (χ0v) is 11.9. The van der Waals surface area contributed by atoms with Gasteiger partial charge >= 0.3 is 0 Å². The van der Waals surface area contributed by atoms with Gasteiger partial charge in [-0.25, -0.2) is 4.98 Å². The van der Waals surface area contributed by atoms with Gasteiger partial charge in [0.1, 0.15) is 0 Å². The average Bonchev–Trinajstić information content (AvgIpc) is 3.18. The number of hydrogen-bond acceptors (Lipinski definition) is 5. The molecule has 0 saturated carbocycles. The first-order valence-electron chi connectivity index (χ1n) is 6.64. The Morgan fingerprint density at radius 2 is 2.52 bits per heavy atom. The topological polar surface area (TPSA) is 84.3 Å². The molecule has 1 aliphatic rings. The Balaban J connectivity index is 1.48. The maximum absolute atomic E-state index is 12.2. The van der Waals surface area contributed by atoms with Gasteiger partial charge in [0.15, 0.2) is 10.7 Å². The molecule has 2 N–H and O–H groups in total. The number of carbonyl (C=O) groups is 1.